The summed E-state index contributed by atoms with van der Waals surface area (Å²) in [5, 5.41) is 8.06. The molecular weight excluding hydrogens is 532 g/mol. The van der Waals surface area contributed by atoms with Gasteiger partial charge in [0.15, 0.2) is 0 Å². The average Bonchev–Trinajstić information content (AvgIpc) is 3.62. The molecule has 1 fully saturated rings. The van der Waals surface area contributed by atoms with Crippen molar-refractivity contribution in [1.82, 2.24) is 15.1 Å². The summed E-state index contributed by atoms with van der Waals surface area (Å²) in [7, 11) is 0. The molecule has 0 spiro atoms. The van der Waals surface area contributed by atoms with Crippen molar-refractivity contribution in [2.45, 2.75) is 38.0 Å². The van der Waals surface area contributed by atoms with Crippen LogP contribution in [0.5, 0.6) is 0 Å². The summed E-state index contributed by atoms with van der Waals surface area (Å²) >= 11 is 1.59. The van der Waals surface area contributed by atoms with E-state index in [0.29, 0.717) is 12.4 Å². The topological polar surface area (TPSA) is 76.5 Å². The van der Waals surface area contributed by atoms with Gasteiger partial charge in [0.25, 0.3) is 0 Å². The molecule has 0 bridgehead atoms. The van der Waals surface area contributed by atoms with E-state index < -0.39 is 0 Å². The lowest BCUT2D eigenvalue weighted by Crippen LogP contribution is -2.44. The molecule has 41 heavy (non-hydrogen) atoms. The summed E-state index contributed by atoms with van der Waals surface area (Å²) in [6.07, 6.45) is 1.96. The van der Waals surface area contributed by atoms with Gasteiger partial charge in [-0.2, -0.15) is 5.10 Å². The third kappa shape index (κ3) is 5.54. The minimum atomic E-state index is -0.210. The highest BCUT2D eigenvalue weighted by atomic mass is 32.2. The molecule has 2 atom stereocenters. The van der Waals surface area contributed by atoms with E-state index in [0.717, 1.165) is 58.6 Å². The van der Waals surface area contributed by atoms with Crippen molar-refractivity contribution in [2.75, 3.05) is 30.3 Å². The number of para-hydroxylation sites is 1. The molecule has 1 N–H and O–H groups in total. The monoisotopic (exact) mass is 566 g/mol. The zero-order chi connectivity index (χ0) is 28.3. The highest BCUT2D eigenvalue weighted by molar-refractivity contribution is 8.00. The molecule has 3 aromatic carbocycles. The first-order valence-electron chi connectivity index (χ1n) is 14.1. The van der Waals surface area contributed by atoms with Crippen LogP contribution in [-0.4, -0.2) is 53.1 Å². The van der Waals surface area contributed by atoms with Gasteiger partial charge in [-0.15, -0.1) is 11.8 Å². The second kappa shape index (κ2) is 11.9. The molecule has 7 nitrogen and oxygen atoms in total. The van der Waals surface area contributed by atoms with Crippen LogP contribution in [0.1, 0.15) is 40.3 Å². The van der Waals surface area contributed by atoms with Gasteiger partial charge < -0.3 is 10.1 Å². The molecule has 0 aliphatic carbocycles. The van der Waals surface area contributed by atoms with Gasteiger partial charge in [-0.1, -0.05) is 72.8 Å². The molecule has 3 heterocycles. The van der Waals surface area contributed by atoms with Crippen molar-refractivity contribution in [3.8, 4) is 16.9 Å². The van der Waals surface area contributed by atoms with E-state index in [1.807, 2.05) is 66.2 Å². The number of carbonyl (C=O) groups is 2. The molecule has 0 unspecified atom stereocenters. The standard InChI is InChI=1S/C33H34N4O3S/c1-22-11-6-8-16-26(22)32-30-31(24-13-4-3-5-14-24)35-37(27-17-9-7-12-23(27)2)33(30)36(29(39)21-41-32)20-28(38)34-19-25-15-10-18-40-25/h3-9,11-14,16-17,25,32H,10,15,18-21H2,1-2H3,(H,34,38)/t25-,32-/m0/s1. The van der Waals surface area contributed by atoms with E-state index in [1.165, 1.54) is 0 Å². The molecule has 1 saturated heterocycles. The Bertz CT molecular complexity index is 1560. The minimum Gasteiger partial charge on any atom is -0.376 e. The van der Waals surface area contributed by atoms with Crippen molar-refractivity contribution < 1.29 is 14.3 Å². The Morgan fingerprint density at radius 2 is 1.73 bits per heavy atom. The first kappa shape index (κ1) is 27.3. The zero-order valence-corrected chi connectivity index (χ0v) is 24.2. The van der Waals surface area contributed by atoms with E-state index in [1.54, 1.807) is 16.7 Å². The lowest BCUT2D eigenvalue weighted by atomic mass is 9.96. The fourth-order valence-electron chi connectivity index (χ4n) is 5.66. The van der Waals surface area contributed by atoms with Gasteiger partial charge in [0.2, 0.25) is 11.8 Å². The maximum atomic E-state index is 13.9. The maximum absolute atomic E-state index is 13.9. The molecule has 2 amide bonds. The normalized spacial score (nSPS) is 18.7. The molecule has 0 radical (unpaired) electrons. The number of hydrogen-bond donors (Lipinski definition) is 1. The molecule has 4 aromatic rings. The van der Waals surface area contributed by atoms with Gasteiger partial charge in [0, 0.05) is 24.3 Å². The molecule has 8 heteroatoms. The summed E-state index contributed by atoms with van der Waals surface area (Å²) in [5.74, 6) is 0.565. The van der Waals surface area contributed by atoms with Crippen LogP contribution in [0, 0.1) is 13.8 Å². The fraction of sp³-hybridized carbons (Fsp3) is 0.303. The lowest BCUT2D eigenvalue weighted by molar-refractivity contribution is -0.123. The van der Waals surface area contributed by atoms with E-state index in [2.05, 4.69) is 36.5 Å². The summed E-state index contributed by atoms with van der Waals surface area (Å²) in [6.45, 7) is 5.22. The van der Waals surface area contributed by atoms with Crippen LogP contribution in [-0.2, 0) is 14.3 Å². The Morgan fingerprint density at radius 1 is 1.00 bits per heavy atom. The number of hydrogen-bond acceptors (Lipinski definition) is 5. The average molecular weight is 567 g/mol. The number of carbonyl (C=O) groups excluding carboxylic acids is 2. The number of nitrogens with one attached hydrogen (secondary N) is 1. The van der Waals surface area contributed by atoms with Gasteiger partial charge in [0.1, 0.15) is 12.4 Å². The van der Waals surface area contributed by atoms with Crippen molar-refractivity contribution in [1.29, 1.82) is 0 Å². The van der Waals surface area contributed by atoms with Crippen LogP contribution in [0.25, 0.3) is 16.9 Å². The molecule has 2 aliphatic rings. The largest absolute Gasteiger partial charge is 0.376 e. The van der Waals surface area contributed by atoms with Gasteiger partial charge in [-0.25, -0.2) is 4.68 Å². The number of amides is 2. The number of aromatic nitrogens is 2. The number of rotatable bonds is 7. The smallest absolute Gasteiger partial charge is 0.240 e. The van der Waals surface area contributed by atoms with E-state index in [-0.39, 0.29) is 35.5 Å². The highest BCUT2D eigenvalue weighted by Gasteiger charge is 2.38. The Kier molecular flexibility index (Phi) is 7.94. The third-order valence-electron chi connectivity index (χ3n) is 7.80. The number of fused-ring (bicyclic) bond motifs is 1. The predicted molar refractivity (Wildman–Crippen MR) is 164 cm³/mol. The van der Waals surface area contributed by atoms with Crippen molar-refractivity contribution in [2.24, 2.45) is 0 Å². The Hall–Kier alpha value is -3.88. The summed E-state index contributed by atoms with van der Waals surface area (Å²) in [6, 6.07) is 26.4. The van der Waals surface area contributed by atoms with E-state index in [9.17, 15) is 9.59 Å². The highest BCUT2D eigenvalue weighted by Crippen LogP contribution is 2.49. The Morgan fingerprint density at radius 3 is 2.46 bits per heavy atom. The number of anilines is 1. The van der Waals surface area contributed by atoms with Crippen LogP contribution >= 0.6 is 11.8 Å². The second-order valence-electron chi connectivity index (χ2n) is 10.6. The number of nitrogens with zero attached hydrogens (tertiary/aromatic N) is 3. The van der Waals surface area contributed by atoms with Crippen molar-refractivity contribution in [3.63, 3.8) is 0 Å². The number of ether oxygens (including phenoxy) is 1. The molecule has 0 saturated carbocycles. The zero-order valence-electron chi connectivity index (χ0n) is 23.4. The molecule has 1 aromatic heterocycles. The molecule has 6 rings (SSSR count). The summed E-state index contributed by atoms with van der Waals surface area (Å²) in [4.78, 5) is 28.9. The SMILES string of the molecule is Cc1ccccc1[C@@H]1SCC(=O)N(CC(=O)NC[C@@H]2CCCO2)c2c1c(-c1ccccc1)nn2-c1ccccc1C. The Balaban J connectivity index is 1.54. The lowest BCUT2D eigenvalue weighted by Gasteiger charge is -2.24. The van der Waals surface area contributed by atoms with Crippen molar-refractivity contribution in [3.05, 3.63) is 101 Å². The minimum absolute atomic E-state index is 0.0255. The Labute approximate surface area is 244 Å². The molecule has 2 aliphatic heterocycles. The molecular formula is C33H34N4O3S. The predicted octanol–water partition coefficient (Wildman–Crippen LogP) is 5.62. The quantitative estimate of drug-likeness (QED) is 0.314. The summed E-state index contributed by atoms with van der Waals surface area (Å²) < 4.78 is 7.57. The van der Waals surface area contributed by atoms with Gasteiger partial charge in [0.05, 0.1) is 28.5 Å². The first-order valence-corrected chi connectivity index (χ1v) is 15.2. The summed E-state index contributed by atoms with van der Waals surface area (Å²) in [5.41, 5.74) is 6.90. The number of thioether (sulfide) groups is 1. The van der Waals surface area contributed by atoms with Crippen LogP contribution in [0.3, 0.4) is 0 Å². The van der Waals surface area contributed by atoms with Crippen LogP contribution in [0.15, 0.2) is 78.9 Å². The van der Waals surface area contributed by atoms with E-state index in [4.69, 9.17) is 9.84 Å². The second-order valence-corrected chi connectivity index (χ2v) is 11.7. The molecule has 210 valence electrons. The number of benzene rings is 3. The van der Waals surface area contributed by atoms with Crippen LogP contribution < -0.4 is 10.2 Å². The third-order valence-corrected chi connectivity index (χ3v) is 9.04. The first-order chi connectivity index (χ1) is 20.0. The van der Waals surface area contributed by atoms with Crippen LogP contribution in [0.4, 0.5) is 5.82 Å². The number of aryl methyl sites for hydroxylation is 2. The van der Waals surface area contributed by atoms with Gasteiger partial charge in [-0.05, 0) is 49.4 Å². The fourth-order valence-corrected chi connectivity index (χ4v) is 6.95. The van der Waals surface area contributed by atoms with Crippen molar-refractivity contribution >= 4 is 29.4 Å². The van der Waals surface area contributed by atoms with Gasteiger partial charge >= 0.3 is 0 Å². The van der Waals surface area contributed by atoms with Gasteiger partial charge in [-0.3, -0.25) is 14.5 Å². The maximum Gasteiger partial charge on any atom is 0.240 e. The van der Waals surface area contributed by atoms with E-state index >= 15 is 0 Å². The van der Waals surface area contributed by atoms with Crippen LogP contribution in [0.2, 0.25) is 0 Å².